The van der Waals surface area contributed by atoms with Gasteiger partial charge in [0, 0.05) is 17.5 Å². The normalized spacial score (nSPS) is 21.9. The highest BCUT2D eigenvalue weighted by atomic mass is 16.6. The number of carboxylic acid groups (broad SMARTS) is 1. The summed E-state index contributed by atoms with van der Waals surface area (Å²) in [7, 11) is 1.51. The van der Waals surface area contributed by atoms with Crippen LogP contribution in [0.2, 0.25) is 0 Å². The molecular weight excluding hydrogens is 532 g/mol. The zero-order valence-corrected chi connectivity index (χ0v) is 22.1. The number of aliphatic hydroxyl groups is 3. The maximum atomic E-state index is 11.8. The summed E-state index contributed by atoms with van der Waals surface area (Å²) in [6.45, 7) is 3.36. The summed E-state index contributed by atoms with van der Waals surface area (Å²) < 4.78 is 16.6. The number of amides is 1. The summed E-state index contributed by atoms with van der Waals surface area (Å²) in [6, 6.07) is 0. The highest BCUT2D eigenvalue weighted by molar-refractivity contribution is 5.98. The van der Waals surface area contributed by atoms with Crippen molar-refractivity contribution in [1.82, 2.24) is 14.8 Å². The number of phenolic OH excluding ortho intramolecular Hbond substituents is 1. The molecule has 0 saturated carbocycles. The fourth-order valence-corrected chi connectivity index (χ4v) is 4.32. The van der Waals surface area contributed by atoms with Gasteiger partial charge in [-0.05, 0) is 32.3 Å². The second-order valence-electron chi connectivity index (χ2n) is 9.20. The molecule has 15 heteroatoms. The number of carboxylic acids is 1. The minimum atomic E-state index is -1.27. The molecule has 15 nitrogen and oxygen atoms in total. The van der Waals surface area contributed by atoms with Gasteiger partial charge >= 0.3 is 11.9 Å². The molecule has 0 aliphatic carbocycles. The summed E-state index contributed by atoms with van der Waals surface area (Å²) >= 11 is 0. The van der Waals surface area contributed by atoms with Gasteiger partial charge in [0.15, 0.2) is 6.23 Å². The van der Waals surface area contributed by atoms with Gasteiger partial charge in [-0.1, -0.05) is 11.6 Å². The van der Waals surface area contributed by atoms with Crippen LogP contribution in [0.15, 0.2) is 18.0 Å². The molecule has 0 radical (unpaired) electrons. The van der Waals surface area contributed by atoms with Crippen molar-refractivity contribution in [2.45, 2.75) is 64.3 Å². The molecule has 2 aliphatic heterocycles. The van der Waals surface area contributed by atoms with Crippen LogP contribution >= 0.6 is 0 Å². The lowest BCUT2D eigenvalue weighted by molar-refractivity contribution is -0.136. The number of hydrogen-bond donors (Lipinski definition) is 6. The molecule has 0 spiro atoms. The Hall–Kier alpha value is -4.05. The first-order chi connectivity index (χ1) is 18.9. The highest BCUT2D eigenvalue weighted by Crippen LogP contribution is 2.42. The van der Waals surface area contributed by atoms with Crippen molar-refractivity contribution in [3.05, 3.63) is 46.1 Å². The van der Waals surface area contributed by atoms with Crippen LogP contribution in [0.4, 0.5) is 0 Å². The van der Waals surface area contributed by atoms with E-state index >= 15 is 0 Å². The monoisotopic (exact) mass is 564 g/mol. The van der Waals surface area contributed by atoms with E-state index < -0.39 is 49.0 Å². The third-order valence-electron chi connectivity index (χ3n) is 6.54. The minimum absolute atomic E-state index is 0.0565. The number of carbonyl (C=O) groups is 3. The van der Waals surface area contributed by atoms with E-state index in [-0.39, 0.29) is 30.2 Å². The number of phenols is 1. The second kappa shape index (κ2) is 12.9. The number of nitrogens with two attached hydrogens (primary N) is 1. The molecule has 218 valence electrons. The van der Waals surface area contributed by atoms with Crippen molar-refractivity contribution < 1.29 is 54.1 Å². The van der Waals surface area contributed by atoms with Gasteiger partial charge in [0.2, 0.25) is 5.82 Å². The lowest BCUT2D eigenvalue weighted by Gasteiger charge is -2.15. The highest BCUT2D eigenvalue weighted by Gasteiger charge is 2.44. The Balaban J connectivity index is 0.000000230. The van der Waals surface area contributed by atoms with Crippen LogP contribution in [0.5, 0.6) is 11.5 Å². The van der Waals surface area contributed by atoms with E-state index in [1.807, 2.05) is 19.9 Å². The van der Waals surface area contributed by atoms with E-state index in [1.54, 1.807) is 0 Å². The Labute approximate surface area is 228 Å². The first-order valence-electron chi connectivity index (χ1n) is 12.2. The van der Waals surface area contributed by atoms with Crippen molar-refractivity contribution >= 4 is 17.8 Å². The standard InChI is InChI=1S/C17H20O6.C8H12N4O5/c1-9(5-7-13(18)19)4-6-11-15(20)14-12(8-23-17(14)21)10(2)16(11)22-3;9-6(16)7-10-2-12(11-7)8-5(15)4(14)3(1-13)17-8/h4,20H,5-8H2,1-3H3,(H,18,19);2-5,8,13-15H,1H2,(H2,9,16)/b9-4+;. The average Bonchev–Trinajstić information content (AvgIpc) is 3.63. The van der Waals surface area contributed by atoms with Gasteiger partial charge in [0.05, 0.1) is 13.7 Å². The van der Waals surface area contributed by atoms with Crippen molar-refractivity contribution in [3.63, 3.8) is 0 Å². The molecule has 1 aromatic carbocycles. The molecular formula is C25H32N4O11. The molecule has 1 aromatic heterocycles. The lowest BCUT2D eigenvalue weighted by Crippen LogP contribution is -2.33. The van der Waals surface area contributed by atoms with Crippen molar-refractivity contribution in [1.29, 1.82) is 0 Å². The van der Waals surface area contributed by atoms with Gasteiger partial charge in [-0.15, -0.1) is 5.10 Å². The number of aliphatic hydroxyl groups excluding tert-OH is 3. The van der Waals surface area contributed by atoms with Crippen LogP contribution in [0.3, 0.4) is 0 Å². The molecule has 0 bridgehead atoms. The fourth-order valence-electron chi connectivity index (χ4n) is 4.32. The molecule has 1 fully saturated rings. The largest absolute Gasteiger partial charge is 0.507 e. The zero-order chi connectivity index (χ0) is 29.7. The average molecular weight is 565 g/mol. The zero-order valence-electron chi connectivity index (χ0n) is 22.1. The number of esters is 1. The van der Waals surface area contributed by atoms with Crippen LogP contribution in [-0.4, -0.2) is 90.2 Å². The number of ether oxygens (including phenoxy) is 3. The molecule has 3 heterocycles. The first kappa shape index (κ1) is 30.5. The number of aromatic hydroxyl groups is 1. The number of aliphatic carboxylic acids is 1. The van der Waals surface area contributed by atoms with E-state index in [1.165, 1.54) is 7.11 Å². The number of cyclic esters (lactones) is 1. The lowest BCUT2D eigenvalue weighted by atomic mass is 9.94. The second-order valence-corrected chi connectivity index (χ2v) is 9.20. The number of rotatable bonds is 9. The Morgan fingerprint density at radius 1 is 1.27 bits per heavy atom. The summed E-state index contributed by atoms with van der Waals surface area (Å²) in [5.74, 6) is -2.00. The third kappa shape index (κ3) is 6.39. The predicted octanol–water partition coefficient (Wildman–Crippen LogP) is -0.278. The molecule has 40 heavy (non-hydrogen) atoms. The van der Waals surface area contributed by atoms with E-state index in [0.29, 0.717) is 29.7 Å². The molecule has 4 rings (SSSR count). The molecule has 4 atom stereocenters. The Kier molecular flexibility index (Phi) is 9.81. The molecule has 2 aliphatic rings. The van der Waals surface area contributed by atoms with E-state index in [9.17, 15) is 29.7 Å². The van der Waals surface area contributed by atoms with Gasteiger partial charge < -0.3 is 45.5 Å². The van der Waals surface area contributed by atoms with Gasteiger partial charge in [-0.25, -0.2) is 14.5 Å². The summed E-state index contributed by atoms with van der Waals surface area (Å²) in [5.41, 5.74) is 8.01. The van der Waals surface area contributed by atoms with Crippen LogP contribution in [0.25, 0.3) is 0 Å². The van der Waals surface area contributed by atoms with Crippen molar-refractivity contribution in [3.8, 4) is 11.5 Å². The first-order valence-corrected chi connectivity index (χ1v) is 12.2. The number of fused-ring (bicyclic) bond motifs is 1. The SMILES string of the molecule is COc1c(C)c2c(c(O)c1C/C=C(\C)CCC(=O)O)C(=O)OC2.NC(=O)c1ncn(C2OC(CO)C(O)C2O)n1. The number of hydrogen-bond acceptors (Lipinski definition) is 12. The quantitative estimate of drug-likeness (QED) is 0.170. The molecule has 4 unspecified atom stereocenters. The van der Waals surface area contributed by atoms with Gasteiger partial charge in [0.1, 0.15) is 48.3 Å². The Morgan fingerprint density at radius 3 is 2.52 bits per heavy atom. The third-order valence-corrected chi connectivity index (χ3v) is 6.54. The maximum absolute atomic E-state index is 11.8. The predicted molar refractivity (Wildman–Crippen MR) is 134 cm³/mol. The minimum Gasteiger partial charge on any atom is -0.507 e. The summed E-state index contributed by atoms with van der Waals surface area (Å²) in [6.07, 6.45) is -0.583. The Morgan fingerprint density at radius 2 is 1.98 bits per heavy atom. The molecule has 2 aromatic rings. The van der Waals surface area contributed by atoms with Gasteiger partial charge in [0.25, 0.3) is 5.91 Å². The summed E-state index contributed by atoms with van der Waals surface area (Å²) in [4.78, 5) is 36.8. The van der Waals surface area contributed by atoms with Crippen LogP contribution in [0, 0.1) is 6.92 Å². The van der Waals surface area contributed by atoms with Crippen LogP contribution < -0.4 is 10.5 Å². The molecule has 7 N–H and O–H groups in total. The van der Waals surface area contributed by atoms with Crippen LogP contribution in [-0.2, 0) is 27.3 Å². The van der Waals surface area contributed by atoms with E-state index in [0.717, 1.165) is 22.1 Å². The number of benzene rings is 1. The molecule has 1 saturated heterocycles. The number of aromatic nitrogens is 3. The van der Waals surface area contributed by atoms with Crippen LogP contribution in [0.1, 0.15) is 63.7 Å². The number of carbonyl (C=O) groups excluding carboxylic acids is 2. The number of methoxy groups -OCH3 is 1. The Bertz CT molecular complexity index is 1310. The smallest absolute Gasteiger partial charge is 0.342 e. The van der Waals surface area contributed by atoms with Crippen molar-refractivity contribution in [2.24, 2.45) is 5.73 Å². The topological polar surface area (TPSA) is 237 Å². The number of allylic oxidation sites excluding steroid dienone is 2. The fraction of sp³-hybridized carbons (Fsp3) is 0.480. The van der Waals surface area contributed by atoms with E-state index in [4.69, 9.17) is 30.2 Å². The van der Waals surface area contributed by atoms with Gasteiger partial charge in [-0.3, -0.25) is 9.59 Å². The van der Waals surface area contributed by atoms with Gasteiger partial charge in [-0.2, -0.15) is 0 Å². The van der Waals surface area contributed by atoms with E-state index in [2.05, 4.69) is 10.1 Å². The number of primary amides is 1. The number of nitrogens with zero attached hydrogens (tertiary/aromatic N) is 3. The summed E-state index contributed by atoms with van der Waals surface area (Å²) in [5, 5.41) is 50.9. The maximum Gasteiger partial charge on any atom is 0.342 e. The molecule has 1 amide bonds. The van der Waals surface area contributed by atoms with Crippen molar-refractivity contribution in [2.75, 3.05) is 13.7 Å².